The first-order valence-electron chi connectivity index (χ1n) is 6.61. The Kier molecular flexibility index (Phi) is 3.38. The van der Waals surface area contributed by atoms with Crippen LogP contribution in [0.1, 0.15) is 11.1 Å². The summed E-state index contributed by atoms with van der Waals surface area (Å²) in [7, 11) is 0. The molecule has 0 unspecified atom stereocenters. The SMILES string of the molecule is NCc1ccc2c(c1)OCCN2Cc1ccccc1. The van der Waals surface area contributed by atoms with Gasteiger partial charge >= 0.3 is 0 Å². The first-order valence-corrected chi connectivity index (χ1v) is 6.61. The summed E-state index contributed by atoms with van der Waals surface area (Å²) in [5.41, 5.74) is 9.26. The molecule has 2 aromatic carbocycles. The summed E-state index contributed by atoms with van der Waals surface area (Å²) in [5.74, 6) is 0.949. The van der Waals surface area contributed by atoms with E-state index in [0.717, 1.165) is 36.7 Å². The molecule has 0 aliphatic carbocycles. The van der Waals surface area contributed by atoms with Crippen LogP contribution in [-0.4, -0.2) is 13.2 Å². The van der Waals surface area contributed by atoms with Crippen LogP contribution in [0.15, 0.2) is 48.5 Å². The van der Waals surface area contributed by atoms with Crippen LogP contribution in [-0.2, 0) is 13.1 Å². The van der Waals surface area contributed by atoms with Crippen LogP contribution in [0.25, 0.3) is 0 Å². The van der Waals surface area contributed by atoms with E-state index in [9.17, 15) is 0 Å². The van der Waals surface area contributed by atoms with Crippen LogP contribution in [0.2, 0.25) is 0 Å². The molecule has 2 N–H and O–H groups in total. The fourth-order valence-corrected chi connectivity index (χ4v) is 2.42. The summed E-state index contributed by atoms with van der Waals surface area (Å²) in [6, 6.07) is 16.7. The molecule has 0 radical (unpaired) electrons. The van der Waals surface area contributed by atoms with Crippen LogP contribution in [0.3, 0.4) is 0 Å². The molecular weight excluding hydrogens is 236 g/mol. The van der Waals surface area contributed by atoms with Gasteiger partial charge in [-0.05, 0) is 23.3 Å². The molecule has 3 nitrogen and oxygen atoms in total. The van der Waals surface area contributed by atoms with Gasteiger partial charge in [-0.15, -0.1) is 0 Å². The topological polar surface area (TPSA) is 38.5 Å². The van der Waals surface area contributed by atoms with Crippen LogP contribution < -0.4 is 15.4 Å². The van der Waals surface area contributed by atoms with Gasteiger partial charge in [0.25, 0.3) is 0 Å². The van der Waals surface area contributed by atoms with Gasteiger partial charge in [0.05, 0.1) is 12.2 Å². The molecule has 98 valence electrons. The van der Waals surface area contributed by atoms with Gasteiger partial charge < -0.3 is 15.4 Å². The number of anilines is 1. The number of hydrogen-bond donors (Lipinski definition) is 1. The van der Waals surface area contributed by atoms with Gasteiger partial charge in [0.1, 0.15) is 12.4 Å². The van der Waals surface area contributed by atoms with E-state index in [1.165, 1.54) is 5.56 Å². The van der Waals surface area contributed by atoms with Crippen molar-refractivity contribution in [3.63, 3.8) is 0 Å². The van der Waals surface area contributed by atoms with Crippen LogP contribution in [0.5, 0.6) is 5.75 Å². The van der Waals surface area contributed by atoms with Crippen molar-refractivity contribution in [2.45, 2.75) is 13.1 Å². The van der Waals surface area contributed by atoms with Crippen LogP contribution in [0.4, 0.5) is 5.69 Å². The molecule has 1 aliphatic heterocycles. The van der Waals surface area contributed by atoms with Crippen molar-refractivity contribution in [2.75, 3.05) is 18.1 Å². The molecule has 0 aromatic heterocycles. The summed E-state index contributed by atoms with van der Waals surface area (Å²) in [5, 5.41) is 0. The van der Waals surface area contributed by atoms with E-state index in [0.29, 0.717) is 6.54 Å². The van der Waals surface area contributed by atoms with Crippen molar-refractivity contribution < 1.29 is 4.74 Å². The second kappa shape index (κ2) is 5.33. The molecule has 0 saturated heterocycles. The van der Waals surface area contributed by atoms with E-state index in [2.05, 4.69) is 41.3 Å². The Balaban J connectivity index is 1.86. The average molecular weight is 254 g/mol. The fraction of sp³-hybridized carbons (Fsp3) is 0.250. The van der Waals surface area contributed by atoms with Gasteiger partial charge in [-0.25, -0.2) is 0 Å². The molecule has 1 aliphatic rings. The van der Waals surface area contributed by atoms with E-state index >= 15 is 0 Å². The third-order valence-electron chi connectivity index (χ3n) is 3.44. The second-order valence-electron chi connectivity index (χ2n) is 4.76. The molecule has 0 amide bonds. The lowest BCUT2D eigenvalue weighted by Gasteiger charge is -2.31. The Hall–Kier alpha value is -2.00. The van der Waals surface area contributed by atoms with Gasteiger partial charge in [0.2, 0.25) is 0 Å². The molecule has 0 fully saturated rings. The van der Waals surface area contributed by atoms with Crippen LogP contribution in [0, 0.1) is 0 Å². The maximum absolute atomic E-state index is 5.74. The molecule has 3 rings (SSSR count). The molecule has 0 bridgehead atoms. The normalized spacial score (nSPS) is 13.8. The highest BCUT2D eigenvalue weighted by molar-refractivity contribution is 5.61. The zero-order valence-corrected chi connectivity index (χ0v) is 10.9. The van der Waals surface area contributed by atoms with Crippen molar-refractivity contribution in [2.24, 2.45) is 5.73 Å². The Morgan fingerprint density at radius 2 is 1.89 bits per heavy atom. The lowest BCUT2D eigenvalue weighted by atomic mass is 10.1. The summed E-state index contributed by atoms with van der Waals surface area (Å²) >= 11 is 0. The van der Waals surface area contributed by atoms with Gasteiger partial charge in [0.15, 0.2) is 0 Å². The number of ether oxygens (including phenoxy) is 1. The second-order valence-corrected chi connectivity index (χ2v) is 4.76. The Labute approximate surface area is 113 Å². The summed E-state index contributed by atoms with van der Waals surface area (Å²) in [6.45, 7) is 3.12. The van der Waals surface area contributed by atoms with E-state index in [1.54, 1.807) is 0 Å². The number of hydrogen-bond acceptors (Lipinski definition) is 3. The fourth-order valence-electron chi connectivity index (χ4n) is 2.42. The summed E-state index contributed by atoms with van der Waals surface area (Å²) in [6.07, 6.45) is 0. The minimum absolute atomic E-state index is 0.551. The first kappa shape index (κ1) is 12.1. The number of benzene rings is 2. The quantitative estimate of drug-likeness (QED) is 0.914. The standard InChI is InChI=1S/C16H18N2O/c17-11-14-6-7-15-16(10-14)19-9-8-18(15)12-13-4-2-1-3-5-13/h1-7,10H,8-9,11-12,17H2. The average Bonchev–Trinajstić information content (AvgIpc) is 2.48. The van der Waals surface area contributed by atoms with Gasteiger partial charge in [0, 0.05) is 13.1 Å². The van der Waals surface area contributed by atoms with Gasteiger partial charge in [-0.3, -0.25) is 0 Å². The smallest absolute Gasteiger partial charge is 0.143 e. The summed E-state index contributed by atoms with van der Waals surface area (Å²) < 4.78 is 5.74. The highest BCUT2D eigenvalue weighted by Gasteiger charge is 2.18. The number of nitrogens with zero attached hydrogens (tertiary/aromatic N) is 1. The Bertz CT molecular complexity index is 554. The highest BCUT2D eigenvalue weighted by atomic mass is 16.5. The predicted octanol–water partition coefficient (Wildman–Crippen LogP) is 2.54. The minimum Gasteiger partial charge on any atom is -0.490 e. The van der Waals surface area contributed by atoms with Crippen molar-refractivity contribution in [1.29, 1.82) is 0 Å². The monoisotopic (exact) mass is 254 g/mol. The maximum Gasteiger partial charge on any atom is 0.143 e. The molecule has 0 atom stereocenters. The van der Waals surface area contributed by atoms with Crippen molar-refractivity contribution in [3.05, 3.63) is 59.7 Å². The summed E-state index contributed by atoms with van der Waals surface area (Å²) in [4.78, 5) is 2.36. The largest absolute Gasteiger partial charge is 0.490 e. The lowest BCUT2D eigenvalue weighted by Crippen LogP contribution is -2.32. The Morgan fingerprint density at radius 1 is 1.05 bits per heavy atom. The van der Waals surface area contributed by atoms with Crippen molar-refractivity contribution in [3.8, 4) is 5.75 Å². The zero-order chi connectivity index (χ0) is 13.1. The maximum atomic E-state index is 5.74. The molecule has 0 saturated carbocycles. The molecule has 2 aromatic rings. The lowest BCUT2D eigenvalue weighted by molar-refractivity contribution is 0.306. The highest BCUT2D eigenvalue weighted by Crippen LogP contribution is 2.33. The van der Waals surface area contributed by atoms with Crippen molar-refractivity contribution >= 4 is 5.69 Å². The number of rotatable bonds is 3. The predicted molar refractivity (Wildman–Crippen MR) is 77.3 cm³/mol. The van der Waals surface area contributed by atoms with E-state index < -0.39 is 0 Å². The van der Waals surface area contributed by atoms with E-state index in [-0.39, 0.29) is 0 Å². The van der Waals surface area contributed by atoms with E-state index in [1.807, 2.05) is 12.1 Å². The minimum atomic E-state index is 0.551. The molecule has 0 spiro atoms. The third kappa shape index (κ3) is 2.56. The molecule has 19 heavy (non-hydrogen) atoms. The van der Waals surface area contributed by atoms with E-state index in [4.69, 9.17) is 10.5 Å². The molecule has 1 heterocycles. The molecule has 3 heteroatoms. The Morgan fingerprint density at radius 3 is 2.68 bits per heavy atom. The number of fused-ring (bicyclic) bond motifs is 1. The van der Waals surface area contributed by atoms with Crippen LogP contribution >= 0.6 is 0 Å². The van der Waals surface area contributed by atoms with Gasteiger partial charge in [-0.1, -0.05) is 36.4 Å². The first-order chi connectivity index (χ1) is 9.36. The zero-order valence-electron chi connectivity index (χ0n) is 10.9. The molecular formula is C16H18N2O. The van der Waals surface area contributed by atoms with Crippen molar-refractivity contribution in [1.82, 2.24) is 0 Å². The number of nitrogens with two attached hydrogens (primary N) is 1. The third-order valence-corrected chi connectivity index (χ3v) is 3.44. The van der Waals surface area contributed by atoms with Gasteiger partial charge in [-0.2, -0.15) is 0 Å².